The van der Waals surface area contributed by atoms with Gasteiger partial charge in [0, 0.05) is 0 Å². The quantitative estimate of drug-likeness (QED) is 0.862. The number of benzene rings is 1. The van der Waals surface area contributed by atoms with Crippen molar-refractivity contribution >= 4 is 23.4 Å². The van der Waals surface area contributed by atoms with Crippen LogP contribution in [0, 0.1) is 11.7 Å². The van der Waals surface area contributed by atoms with E-state index in [1.54, 1.807) is 30.0 Å². The van der Waals surface area contributed by atoms with Crippen molar-refractivity contribution in [3.05, 3.63) is 30.1 Å². The maximum absolute atomic E-state index is 13.5. The summed E-state index contributed by atoms with van der Waals surface area (Å²) in [6.45, 7) is 0. The number of nitrogens with one attached hydrogen (secondary N) is 1. The molecule has 1 aliphatic rings. The Kier molecular flexibility index (Phi) is 3.89. The van der Waals surface area contributed by atoms with Crippen LogP contribution in [0.1, 0.15) is 6.42 Å². The van der Waals surface area contributed by atoms with Crippen LogP contribution in [0.25, 0.3) is 0 Å². The average molecular weight is 254 g/mol. The molecule has 1 aliphatic heterocycles. The van der Waals surface area contributed by atoms with Gasteiger partial charge in [-0.05, 0) is 36.0 Å². The van der Waals surface area contributed by atoms with E-state index in [1.165, 1.54) is 6.07 Å². The predicted octanol–water partition coefficient (Wildman–Crippen LogP) is 1.84. The third-order valence-electron chi connectivity index (χ3n) is 2.93. The van der Waals surface area contributed by atoms with Gasteiger partial charge in [-0.25, -0.2) is 4.39 Å². The van der Waals surface area contributed by atoms with E-state index in [0.717, 1.165) is 17.9 Å². The van der Waals surface area contributed by atoms with Crippen LogP contribution in [0.15, 0.2) is 24.3 Å². The van der Waals surface area contributed by atoms with E-state index in [2.05, 4.69) is 5.32 Å². The van der Waals surface area contributed by atoms with Crippen molar-refractivity contribution in [2.45, 2.75) is 12.5 Å². The highest BCUT2D eigenvalue weighted by molar-refractivity contribution is 7.99. The van der Waals surface area contributed by atoms with Crippen molar-refractivity contribution in [1.82, 2.24) is 0 Å². The number of nitrogens with two attached hydrogens (primary N) is 1. The molecule has 1 fully saturated rings. The van der Waals surface area contributed by atoms with E-state index >= 15 is 0 Å². The first-order chi connectivity index (χ1) is 8.18. The Hall–Kier alpha value is -1.23. The molecule has 92 valence electrons. The number of carbonyl (C=O) groups is 1. The first-order valence-electron chi connectivity index (χ1n) is 5.56. The first kappa shape index (κ1) is 12.2. The Balaban J connectivity index is 2.12. The smallest absolute Gasteiger partial charge is 0.240 e. The Morgan fingerprint density at radius 2 is 2.29 bits per heavy atom. The summed E-state index contributed by atoms with van der Waals surface area (Å²) >= 11 is 1.80. The van der Waals surface area contributed by atoms with Crippen molar-refractivity contribution in [2.75, 3.05) is 16.8 Å². The average Bonchev–Trinajstić information content (AvgIpc) is 2.81. The molecule has 1 heterocycles. The Morgan fingerprint density at radius 3 is 2.88 bits per heavy atom. The third-order valence-corrected chi connectivity index (χ3v) is 4.12. The van der Waals surface area contributed by atoms with Crippen LogP contribution in [0.3, 0.4) is 0 Å². The molecular weight excluding hydrogens is 239 g/mol. The normalized spacial score (nSPS) is 21.1. The van der Waals surface area contributed by atoms with Crippen molar-refractivity contribution in [1.29, 1.82) is 0 Å². The molecule has 3 N–H and O–H groups in total. The van der Waals surface area contributed by atoms with Gasteiger partial charge in [-0.15, -0.1) is 0 Å². The molecule has 17 heavy (non-hydrogen) atoms. The molecule has 1 aromatic rings. The van der Waals surface area contributed by atoms with E-state index in [4.69, 9.17) is 5.73 Å². The van der Waals surface area contributed by atoms with Gasteiger partial charge in [0.25, 0.3) is 0 Å². The fourth-order valence-corrected chi connectivity index (χ4v) is 3.28. The van der Waals surface area contributed by atoms with Crippen LogP contribution in [-0.4, -0.2) is 23.5 Å². The Morgan fingerprint density at radius 1 is 1.53 bits per heavy atom. The number of anilines is 1. The van der Waals surface area contributed by atoms with Gasteiger partial charge in [0.15, 0.2) is 0 Å². The van der Waals surface area contributed by atoms with E-state index < -0.39 is 11.9 Å². The summed E-state index contributed by atoms with van der Waals surface area (Å²) in [5.41, 5.74) is 5.72. The maximum atomic E-state index is 13.5. The predicted molar refractivity (Wildman–Crippen MR) is 68.4 cm³/mol. The van der Waals surface area contributed by atoms with Gasteiger partial charge >= 0.3 is 0 Å². The van der Waals surface area contributed by atoms with E-state index in [1.807, 2.05) is 0 Å². The number of amides is 1. The second-order valence-corrected chi connectivity index (χ2v) is 5.28. The molecule has 0 radical (unpaired) electrons. The summed E-state index contributed by atoms with van der Waals surface area (Å²) in [5, 5.41) is 2.93. The minimum absolute atomic E-state index is 0.192. The van der Waals surface area contributed by atoms with Gasteiger partial charge in [-0.1, -0.05) is 12.1 Å². The molecular formula is C12H15FN2OS. The van der Waals surface area contributed by atoms with E-state index in [-0.39, 0.29) is 11.7 Å². The summed E-state index contributed by atoms with van der Waals surface area (Å²) < 4.78 is 13.5. The zero-order chi connectivity index (χ0) is 12.3. The van der Waals surface area contributed by atoms with Gasteiger partial charge in [-0.3, -0.25) is 4.79 Å². The van der Waals surface area contributed by atoms with Crippen molar-refractivity contribution in [3.63, 3.8) is 0 Å². The third kappa shape index (κ3) is 2.91. The molecule has 0 saturated carbocycles. The van der Waals surface area contributed by atoms with Crippen LogP contribution < -0.4 is 11.1 Å². The molecule has 0 aromatic heterocycles. The van der Waals surface area contributed by atoms with Crippen molar-refractivity contribution in [2.24, 2.45) is 11.7 Å². The number of thioether (sulfide) groups is 1. The molecule has 2 atom stereocenters. The number of rotatable bonds is 4. The van der Waals surface area contributed by atoms with Crippen molar-refractivity contribution in [3.8, 4) is 0 Å². The zero-order valence-corrected chi connectivity index (χ0v) is 10.2. The second-order valence-electron chi connectivity index (χ2n) is 4.13. The Labute approximate surface area is 104 Å². The molecule has 1 saturated heterocycles. The number of primary amides is 1. The SMILES string of the molecule is NC(=O)C(Nc1ccccc1F)C1CCSC1. The maximum Gasteiger partial charge on any atom is 0.240 e. The lowest BCUT2D eigenvalue weighted by Crippen LogP contribution is -2.41. The molecule has 0 aliphatic carbocycles. The van der Waals surface area contributed by atoms with E-state index in [0.29, 0.717) is 5.69 Å². The highest BCUT2D eigenvalue weighted by atomic mass is 32.2. The van der Waals surface area contributed by atoms with Gasteiger partial charge in [0.2, 0.25) is 5.91 Å². The lowest BCUT2D eigenvalue weighted by Gasteiger charge is -2.22. The standard InChI is InChI=1S/C12H15FN2OS/c13-9-3-1-2-4-10(9)15-11(12(14)16)8-5-6-17-7-8/h1-4,8,11,15H,5-7H2,(H2,14,16). The fourth-order valence-electron chi connectivity index (χ4n) is 1.98. The van der Waals surface area contributed by atoms with Gasteiger partial charge < -0.3 is 11.1 Å². The summed E-state index contributed by atoms with van der Waals surface area (Å²) in [6, 6.07) is 5.84. The minimum atomic E-state index is -0.484. The van der Waals surface area contributed by atoms with Gasteiger partial charge in [0.1, 0.15) is 11.9 Å². The molecule has 5 heteroatoms. The zero-order valence-electron chi connectivity index (χ0n) is 9.36. The summed E-state index contributed by atoms with van der Waals surface area (Å²) in [7, 11) is 0. The molecule has 2 rings (SSSR count). The highest BCUT2D eigenvalue weighted by Gasteiger charge is 2.29. The molecule has 3 nitrogen and oxygen atoms in total. The van der Waals surface area contributed by atoms with Gasteiger partial charge in [-0.2, -0.15) is 11.8 Å². The first-order valence-corrected chi connectivity index (χ1v) is 6.72. The molecule has 0 bridgehead atoms. The largest absolute Gasteiger partial charge is 0.371 e. The Bertz CT molecular complexity index is 407. The fraction of sp³-hybridized carbons (Fsp3) is 0.417. The summed E-state index contributed by atoms with van der Waals surface area (Å²) in [5.74, 6) is 1.35. The number of carbonyl (C=O) groups excluding carboxylic acids is 1. The van der Waals surface area contributed by atoms with Crippen LogP contribution >= 0.6 is 11.8 Å². The molecule has 0 spiro atoms. The number of hydrogen-bond acceptors (Lipinski definition) is 3. The molecule has 1 aromatic carbocycles. The van der Waals surface area contributed by atoms with Crippen LogP contribution in [0.4, 0.5) is 10.1 Å². The van der Waals surface area contributed by atoms with Crippen LogP contribution in [0.5, 0.6) is 0 Å². The van der Waals surface area contributed by atoms with Crippen LogP contribution in [-0.2, 0) is 4.79 Å². The number of para-hydroxylation sites is 1. The number of hydrogen-bond donors (Lipinski definition) is 2. The minimum Gasteiger partial charge on any atom is -0.371 e. The second kappa shape index (κ2) is 5.40. The molecule has 1 amide bonds. The lowest BCUT2D eigenvalue weighted by molar-refractivity contribution is -0.119. The lowest BCUT2D eigenvalue weighted by atomic mass is 9.98. The van der Waals surface area contributed by atoms with Gasteiger partial charge in [0.05, 0.1) is 5.69 Å². The summed E-state index contributed by atoms with van der Waals surface area (Å²) in [6.07, 6.45) is 0.944. The topological polar surface area (TPSA) is 55.1 Å². The number of halogens is 1. The highest BCUT2D eigenvalue weighted by Crippen LogP contribution is 2.28. The van der Waals surface area contributed by atoms with Crippen molar-refractivity contribution < 1.29 is 9.18 Å². The summed E-state index contributed by atoms with van der Waals surface area (Å²) in [4.78, 5) is 11.4. The van der Waals surface area contributed by atoms with E-state index in [9.17, 15) is 9.18 Å². The monoisotopic (exact) mass is 254 g/mol. The molecule has 2 unspecified atom stereocenters. The van der Waals surface area contributed by atoms with Crippen LogP contribution in [0.2, 0.25) is 0 Å².